The first kappa shape index (κ1) is 36.8. The number of hydrogen-bond donors (Lipinski definition) is 5. The normalized spacial score (nSPS) is 39.0. The van der Waals surface area contributed by atoms with E-state index in [1.165, 1.54) is 7.11 Å². The summed E-state index contributed by atoms with van der Waals surface area (Å²) < 4.78 is 12.2. The smallest absolute Gasteiger partial charge is 0.322 e. The molecule has 6 heterocycles. The molecular formula is C43H55N5O7. The highest BCUT2D eigenvalue weighted by molar-refractivity contribution is 5.96. The van der Waals surface area contributed by atoms with Gasteiger partial charge in [-0.3, -0.25) is 19.4 Å². The van der Waals surface area contributed by atoms with Crippen molar-refractivity contribution in [3.63, 3.8) is 0 Å². The first-order chi connectivity index (χ1) is 26.3. The molecule has 3 fully saturated rings. The summed E-state index contributed by atoms with van der Waals surface area (Å²) in [6, 6.07) is 11.1. The molecule has 9 rings (SSSR count). The topological polar surface area (TPSA) is 165 Å². The number of para-hydroxylation sites is 1. The van der Waals surface area contributed by atoms with E-state index in [0.29, 0.717) is 69.6 Å². The molecule has 1 aliphatic carbocycles. The Morgan fingerprint density at radius 1 is 1.07 bits per heavy atom. The fourth-order valence-corrected chi connectivity index (χ4v) is 13.1. The Kier molecular flexibility index (Phi) is 8.28. The number of rotatable bonds is 6. The molecule has 0 radical (unpaired) electrons. The number of Topliss-reactive ketones (excluding diaryl/α,β-unsaturated/α-hetero) is 1. The minimum Gasteiger partial charge on any atom is -0.496 e. The van der Waals surface area contributed by atoms with Gasteiger partial charge < -0.3 is 40.4 Å². The van der Waals surface area contributed by atoms with Crippen LogP contribution in [0.2, 0.25) is 0 Å². The molecule has 5 unspecified atom stereocenters. The number of ether oxygens (including phenoxy) is 2. The van der Waals surface area contributed by atoms with Gasteiger partial charge in [0.15, 0.2) is 11.4 Å². The van der Waals surface area contributed by atoms with E-state index in [1.807, 2.05) is 56.1 Å². The van der Waals surface area contributed by atoms with E-state index in [-0.39, 0.29) is 12.0 Å². The number of nitrogens with one attached hydrogen (secondary N) is 1. The fraction of sp³-hybridized carbons (Fsp3) is 0.581. The molecule has 1 spiro atoms. The Balaban J connectivity index is 1.37. The van der Waals surface area contributed by atoms with Gasteiger partial charge in [0, 0.05) is 84.0 Å². The summed E-state index contributed by atoms with van der Waals surface area (Å²) in [4.78, 5) is 39.7. The molecule has 294 valence electrons. The highest BCUT2D eigenvalue weighted by Gasteiger charge is 2.78. The molecular weight excluding hydrogens is 699 g/mol. The second-order valence-electron chi connectivity index (χ2n) is 17.7. The van der Waals surface area contributed by atoms with Crippen LogP contribution in [0.3, 0.4) is 0 Å². The van der Waals surface area contributed by atoms with Gasteiger partial charge in [0.25, 0.3) is 0 Å². The molecule has 55 heavy (non-hydrogen) atoms. The average Bonchev–Trinajstić information content (AvgIpc) is 3.84. The monoisotopic (exact) mass is 753 g/mol. The number of aromatic nitrogens is 1. The zero-order chi connectivity index (χ0) is 38.9. The van der Waals surface area contributed by atoms with E-state index in [2.05, 4.69) is 33.0 Å². The number of H-pyrrole nitrogens is 1. The van der Waals surface area contributed by atoms with Crippen molar-refractivity contribution in [2.24, 2.45) is 17.1 Å². The summed E-state index contributed by atoms with van der Waals surface area (Å²) in [5.74, 6) is -0.632. The van der Waals surface area contributed by atoms with Crippen LogP contribution in [0.1, 0.15) is 61.9 Å². The maximum atomic E-state index is 15.2. The van der Waals surface area contributed by atoms with Crippen LogP contribution in [0.4, 0.5) is 5.69 Å². The zero-order valence-electron chi connectivity index (χ0n) is 32.6. The van der Waals surface area contributed by atoms with Gasteiger partial charge in [0.05, 0.1) is 32.4 Å². The Bertz CT molecular complexity index is 2120. The van der Waals surface area contributed by atoms with E-state index in [9.17, 15) is 20.1 Å². The summed E-state index contributed by atoms with van der Waals surface area (Å²) in [6.07, 6.45) is 5.29. The number of esters is 1. The first-order valence-electron chi connectivity index (χ1n) is 19.9. The Labute approximate surface area is 322 Å². The van der Waals surface area contributed by atoms with Crippen molar-refractivity contribution < 1.29 is 34.4 Å². The van der Waals surface area contributed by atoms with Crippen molar-refractivity contribution in [1.82, 2.24) is 14.8 Å². The van der Waals surface area contributed by atoms with Gasteiger partial charge >= 0.3 is 5.97 Å². The number of nitrogens with two attached hydrogens (primary N) is 1. The number of aromatic amines is 1. The molecule has 6 aliphatic rings. The van der Waals surface area contributed by atoms with Crippen molar-refractivity contribution >= 4 is 28.3 Å². The predicted octanol–water partition coefficient (Wildman–Crippen LogP) is 2.38. The van der Waals surface area contributed by atoms with Gasteiger partial charge in [-0.05, 0) is 74.8 Å². The lowest BCUT2D eigenvalue weighted by Gasteiger charge is -2.63. The van der Waals surface area contributed by atoms with Crippen molar-refractivity contribution in [1.29, 1.82) is 0 Å². The molecule has 10 atom stereocenters. The number of benzene rings is 2. The molecule has 6 N–H and O–H groups in total. The number of hydrogen-bond acceptors (Lipinski definition) is 11. The zero-order valence-corrected chi connectivity index (χ0v) is 32.6. The SMILES string of the molecule is CC[C@]12C=CCN3CCC4(c5cc([C@]6(C(=O)OC)CC7CN(CCc8c6[nH]c6ccccc86)C[C@@](C)(O)C7)c(OC)cc5N(C)C4[C@@](O)(C(=O)CN)[C@@H]1O)C32. The number of ketones is 1. The van der Waals surface area contributed by atoms with Gasteiger partial charge in [0.1, 0.15) is 17.3 Å². The van der Waals surface area contributed by atoms with Crippen molar-refractivity contribution in [2.45, 2.75) is 86.2 Å². The van der Waals surface area contributed by atoms with Gasteiger partial charge in [0.2, 0.25) is 0 Å². The van der Waals surface area contributed by atoms with Crippen LogP contribution < -0.4 is 15.4 Å². The Hall–Kier alpha value is -3.78. The van der Waals surface area contributed by atoms with Crippen LogP contribution in [-0.4, -0.2) is 132 Å². The molecule has 2 saturated heterocycles. The van der Waals surface area contributed by atoms with Crippen molar-refractivity contribution in [2.75, 3.05) is 65.4 Å². The van der Waals surface area contributed by atoms with E-state index in [1.54, 1.807) is 7.11 Å². The van der Waals surface area contributed by atoms with Crippen molar-refractivity contribution in [3.8, 4) is 5.75 Å². The summed E-state index contributed by atoms with van der Waals surface area (Å²) in [7, 11) is 4.92. The number of likely N-dealkylation sites (N-methyl/N-ethyl adjacent to an activating group) is 1. The Morgan fingerprint density at radius 2 is 1.85 bits per heavy atom. The second-order valence-corrected chi connectivity index (χ2v) is 17.7. The number of carbonyl (C=O) groups is 2. The number of piperidine rings is 1. The molecule has 12 heteroatoms. The number of methoxy groups -OCH3 is 2. The van der Waals surface area contributed by atoms with Crippen LogP contribution in [0.25, 0.3) is 10.9 Å². The molecule has 2 bridgehead atoms. The lowest BCUT2D eigenvalue weighted by atomic mass is 9.47. The molecule has 0 amide bonds. The molecule has 1 saturated carbocycles. The lowest BCUT2D eigenvalue weighted by molar-refractivity contribution is -0.200. The van der Waals surface area contributed by atoms with Crippen LogP contribution in [0.5, 0.6) is 5.75 Å². The van der Waals surface area contributed by atoms with Gasteiger partial charge in [-0.15, -0.1) is 0 Å². The lowest BCUT2D eigenvalue weighted by Crippen LogP contribution is -2.81. The van der Waals surface area contributed by atoms with Crippen molar-refractivity contribution in [3.05, 3.63) is 70.9 Å². The third kappa shape index (κ3) is 4.61. The highest BCUT2D eigenvalue weighted by atomic mass is 16.5. The number of nitrogens with zero attached hydrogens (tertiary/aromatic N) is 3. The molecule has 2 aromatic carbocycles. The molecule has 3 aromatic rings. The molecule has 1 aromatic heterocycles. The third-order valence-corrected chi connectivity index (χ3v) is 14.9. The number of carbonyl (C=O) groups excluding carboxylic acids is 2. The summed E-state index contributed by atoms with van der Waals surface area (Å²) >= 11 is 0. The fourth-order valence-electron chi connectivity index (χ4n) is 13.1. The quantitative estimate of drug-likeness (QED) is 0.186. The number of aliphatic hydroxyl groups excluding tert-OH is 1. The number of anilines is 1. The Morgan fingerprint density at radius 3 is 2.58 bits per heavy atom. The minimum atomic E-state index is -2.19. The summed E-state index contributed by atoms with van der Waals surface area (Å²) in [5, 5.41) is 38.0. The van der Waals surface area contributed by atoms with Gasteiger partial charge in [-0.1, -0.05) is 37.3 Å². The summed E-state index contributed by atoms with van der Waals surface area (Å²) in [6.45, 7) is 6.84. The van der Waals surface area contributed by atoms with Crippen LogP contribution in [-0.2, 0) is 31.6 Å². The maximum Gasteiger partial charge on any atom is 0.322 e. The van der Waals surface area contributed by atoms with Gasteiger partial charge in [-0.2, -0.15) is 0 Å². The number of fused-ring (bicyclic) bond motifs is 6. The van der Waals surface area contributed by atoms with Crippen LogP contribution >= 0.6 is 0 Å². The third-order valence-electron chi connectivity index (χ3n) is 14.9. The second kappa shape index (κ2) is 12.4. The first-order valence-corrected chi connectivity index (χ1v) is 19.9. The maximum absolute atomic E-state index is 15.2. The minimum absolute atomic E-state index is 0.0814. The van der Waals surface area contributed by atoms with Crippen LogP contribution in [0, 0.1) is 11.3 Å². The van der Waals surface area contributed by atoms with Crippen LogP contribution in [0.15, 0.2) is 48.6 Å². The van der Waals surface area contributed by atoms with E-state index >= 15 is 4.79 Å². The summed E-state index contributed by atoms with van der Waals surface area (Å²) in [5.41, 5.74) is 4.79. The van der Waals surface area contributed by atoms with E-state index < -0.39 is 57.9 Å². The predicted molar refractivity (Wildman–Crippen MR) is 208 cm³/mol. The van der Waals surface area contributed by atoms with Gasteiger partial charge in [-0.25, -0.2) is 0 Å². The largest absolute Gasteiger partial charge is 0.496 e. The van der Waals surface area contributed by atoms with E-state index in [4.69, 9.17) is 15.2 Å². The highest BCUT2D eigenvalue weighted by Crippen LogP contribution is 2.67. The number of aliphatic hydroxyl groups is 3. The standard InChI is InChI=1S/C43H55N5O7/c1-6-40-13-9-15-48-17-14-41(35(40)48)28-18-29(32(54-4)19-31(28)46(3)36(41)43(53,37(40)50)33(49)22-44)42(38(51)55-5)21-25-20-39(2,52)24-47(23-25)16-12-27-26-10-7-8-11-30(26)45-34(27)42/h7-11,13,18-19,25,35-37,45,50,52-53H,6,12,14-17,20-24,44H2,1-5H3/t25?,35?,36?,37-,39+,40-,41?,42-,43+/m1/s1. The van der Waals surface area contributed by atoms with E-state index in [0.717, 1.165) is 40.0 Å². The molecule has 12 nitrogen and oxygen atoms in total. The average molecular weight is 754 g/mol. The molecule has 5 aliphatic heterocycles.